The number of amides is 2. The zero-order valence-electron chi connectivity index (χ0n) is 18.8. The minimum atomic E-state index is -3.72. The quantitative estimate of drug-likeness (QED) is 0.464. The molecule has 0 atom stereocenters. The Bertz CT molecular complexity index is 1060. The molecule has 10 heteroatoms. The van der Waals surface area contributed by atoms with E-state index in [0.717, 1.165) is 11.3 Å². The van der Waals surface area contributed by atoms with Crippen LogP contribution < -0.4 is 10.1 Å². The first kappa shape index (κ1) is 24.5. The number of carbonyl (C=O) groups is 2. The number of esters is 1. The predicted octanol–water partition coefficient (Wildman–Crippen LogP) is 2.27. The number of sulfonamides is 1. The molecule has 0 aliphatic carbocycles. The molecule has 1 fully saturated rings. The molecule has 1 aliphatic rings. The van der Waals surface area contributed by atoms with E-state index in [2.05, 4.69) is 5.32 Å². The third-order valence-corrected chi connectivity index (χ3v) is 7.17. The molecule has 2 aromatic rings. The highest BCUT2D eigenvalue weighted by atomic mass is 32.2. The summed E-state index contributed by atoms with van der Waals surface area (Å²) in [4.78, 5) is 25.8. The van der Waals surface area contributed by atoms with Gasteiger partial charge in [0.2, 0.25) is 10.0 Å². The summed E-state index contributed by atoms with van der Waals surface area (Å²) >= 11 is 0. The van der Waals surface area contributed by atoms with E-state index in [1.807, 2.05) is 31.2 Å². The van der Waals surface area contributed by atoms with Gasteiger partial charge in [-0.15, -0.1) is 0 Å². The Morgan fingerprint density at radius 2 is 1.67 bits per heavy atom. The van der Waals surface area contributed by atoms with E-state index in [-0.39, 0.29) is 43.7 Å². The number of hydrogen-bond donors (Lipinski definition) is 1. The van der Waals surface area contributed by atoms with E-state index in [4.69, 9.17) is 9.47 Å². The number of para-hydroxylation sites is 1. The summed E-state index contributed by atoms with van der Waals surface area (Å²) in [6.45, 7) is 5.54. The summed E-state index contributed by atoms with van der Waals surface area (Å²) in [5, 5.41) is 2.80. The van der Waals surface area contributed by atoms with Gasteiger partial charge in [0.1, 0.15) is 12.4 Å². The van der Waals surface area contributed by atoms with Gasteiger partial charge in [0.15, 0.2) is 0 Å². The van der Waals surface area contributed by atoms with Gasteiger partial charge in [-0.3, -0.25) is 0 Å². The van der Waals surface area contributed by atoms with Crippen LogP contribution in [-0.2, 0) is 14.8 Å². The van der Waals surface area contributed by atoms with Gasteiger partial charge in [-0.05, 0) is 49.7 Å². The van der Waals surface area contributed by atoms with E-state index in [1.54, 1.807) is 11.8 Å². The van der Waals surface area contributed by atoms with Crippen molar-refractivity contribution in [3.63, 3.8) is 0 Å². The average Bonchev–Trinajstić information content (AvgIpc) is 2.83. The second-order valence-electron chi connectivity index (χ2n) is 7.48. The van der Waals surface area contributed by atoms with Crippen molar-refractivity contribution in [2.24, 2.45) is 0 Å². The second-order valence-corrected chi connectivity index (χ2v) is 9.42. The Kier molecular flexibility index (Phi) is 8.29. The minimum absolute atomic E-state index is 0.0989. The lowest BCUT2D eigenvalue weighted by Crippen LogP contribution is -2.53. The fraction of sp³-hybridized carbons (Fsp3) is 0.391. The summed E-state index contributed by atoms with van der Waals surface area (Å²) in [7, 11) is -3.72. The maximum atomic E-state index is 12.9. The number of piperazine rings is 1. The molecule has 1 saturated heterocycles. The van der Waals surface area contributed by atoms with E-state index in [1.165, 1.54) is 28.6 Å². The summed E-state index contributed by atoms with van der Waals surface area (Å²) < 4.78 is 37.8. The summed E-state index contributed by atoms with van der Waals surface area (Å²) in [5.74, 6) is 0.284. The molecule has 0 spiro atoms. The third kappa shape index (κ3) is 6.23. The molecule has 2 amide bonds. The maximum absolute atomic E-state index is 12.9. The predicted molar refractivity (Wildman–Crippen MR) is 123 cm³/mol. The van der Waals surface area contributed by atoms with Gasteiger partial charge < -0.3 is 19.7 Å². The number of nitrogens with zero attached hydrogens (tertiary/aromatic N) is 2. The van der Waals surface area contributed by atoms with Crippen molar-refractivity contribution in [3.8, 4) is 5.75 Å². The topological polar surface area (TPSA) is 105 Å². The van der Waals surface area contributed by atoms with Crippen molar-refractivity contribution in [2.75, 3.05) is 45.9 Å². The van der Waals surface area contributed by atoms with Crippen LogP contribution in [-0.4, -0.2) is 75.6 Å². The van der Waals surface area contributed by atoms with Crippen LogP contribution in [0.2, 0.25) is 0 Å². The number of benzene rings is 2. The number of ether oxygens (including phenoxy) is 2. The van der Waals surface area contributed by atoms with Crippen molar-refractivity contribution in [1.82, 2.24) is 14.5 Å². The molecule has 1 heterocycles. The van der Waals surface area contributed by atoms with Crippen molar-refractivity contribution < 1.29 is 27.5 Å². The van der Waals surface area contributed by atoms with Crippen LogP contribution in [0.3, 0.4) is 0 Å². The van der Waals surface area contributed by atoms with Crippen LogP contribution in [0.1, 0.15) is 22.8 Å². The first-order valence-corrected chi connectivity index (χ1v) is 12.3. The zero-order valence-corrected chi connectivity index (χ0v) is 19.6. The standard InChI is InChI=1S/C23H29N3O6S/c1-3-31-22(27)19-8-10-20(11-9-19)33(29,30)26-15-13-25(14-16-26)23(28)24-12-17-32-21-7-5-4-6-18(21)2/h4-11H,3,12-17H2,1-2H3,(H,24,28). The molecular weight excluding hydrogens is 446 g/mol. The molecule has 178 valence electrons. The molecule has 0 unspecified atom stereocenters. The first-order valence-electron chi connectivity index (χ1n) is 10.8. The number of hydrogen-bond acceptors (Lipinski definition) is 6. The Hall–Kier alpha value is -3.11. The number of rotatable bonds is 8. The monoisotopic (exact) mass is 475 g/mol. The molecule has 1 N–H and O–H groups in total. The molecule has 9 nitrogen and oxygen atoms in total. The Morgan fingerprint density at radius 3 is 2.30 bits per heavy atom. The van der Waals surface area contributed by atoms with Gasteiger partial charge in [-0.1, -0.05) is 18.2 Å². The molecule has 0 saturated carbocycles. The molecule has 0 radical (unpaired) electrons. The van der Waals surface area contributed by atoms with E-state index in [0.29, 0.717) is 18.7 Å². The van der Waals surface area contributed by atoms with Crippen molar-refractivity contribution in [2.45, 2.75) is 18.7 Å². The number of carbonyl (C=O) groups excluding carboxylic acids is 2. The fourth-order valence-corrected chi connectivity index (χ4v) is 4.83. The Balaban J connectivity index is 1.46. The number of aryl methyl sites for hydroxylation is 1. The summed E-state index contributed by atoms with van der Waals surface area (Å²) in [5.41, 5.74) is 1.32. The lowest BCUT2D eigenvalue weighted by molar-refractivity contribution is 0.0526. The van der Waals surface area contributed by atoms with E-state index in [9.17, 15) is 18.0 Å². The largest absolute Gasteiger partial charge is 0.491 e. The van der Waals surface area contributed by atoms with E-state index >= 15 is 0 Å². The average molecular weight is 476 g/mol. The second kappa shape index (κ2) is 11.2. The Labute approximate surface area is 194 Å². The fourth-order valence-electron chi connectivity index (χ4n) is 3.41. The van der Waals surface area contributed by atoms with Crippen LogP contribution in [0.4, 0.5) is 4.79 Å². The van der Waals surface area contributed by atoms with Crippen LogP contribution in [0.5, 0.6) is 5.75 Å². The lowest BCUT2D eigenvalue weighted by atomic mass is 10.2. The van der Waals surface area contributed by atoms with Gasteiger partial charge >= 0.3 is 12.0 Å². The SMILES string of the molecule is CCOC(=O)c1ccc(S(=O)(=O)N2CCN(C(=O)NCCOc3ccccc3C)CC2)cc1. The van der Waals surface area contributed by atoms with Gasteiger partial charge in [-0.2, -0.15) is 4.31 Å². The highest BCUT2D eigenvalue weighted by Gasteiger charge is 2.30. The summed E-state index contributed by atoms with van der Waals surface area (Å²) in [6.07, 6.45) is 0. The third-order valence-electron chi connectivity index (χ3n) is 5.26. The van der Waals surface area contributed by atoms with Crippen molar-refractivity contribution in [1.29, 1.82) is 0 Å². The molecule has 3 rings (SSSR count). The van der Waals surface area contributed by atoms with Gasteiger partial charge in [-0.25, -0.2) is 18.0 Å². The molecule has 2 aromatic carbocycles. The van der Waals surface area contributed by atoms with E-state index < -0.39 is 16.0 Å². The normalized spacial score (nSPS) is 14.5. The smallest absolute Gasteiger partial charge is 0.338 e. The van der Waals surface area contributed by atoms with Gasteiger partial charge in [0.25, 0.3) is 0 Å². The van der Waals surface area contributed by atoms with Gasteiger partial charge in [0, 0.05) is 26.2 Å². The Morgan fingerprint density at radius 1 is 1.00 bits per heavy atom. The summed E-state index contributed by atoms with van der Waals surface area (Å²) in [6, 6.07) is 13.1. The highest BCUT2D eigenvalue weighted by Crippen LogP contribution is 2.19. The van der Waals surface area contributed by atoms with Crippen molar-refractivity contribution >= 4 is 22.0 Å². The molecule has 33 heavy (non-hydrogen) atoms. The van der Waals surface area contributed by atoms with Crippen LogP contribution in [0.15, 0.2) is 53.4 Å². The number of urea groups is 1. The molecular formula is C23H29N3O6S. The maximum Gasteiger partial charge on any atom is 0.338 e. The first-order chi connectivity index (χ1) is 15.8. The zero-order chi connectivity index (χ0) is 23.8. The van der Waals surface area contributed by atoms with Crippen LogP contribution in [0, 0.1) is 6.92 Å². The number of nitrogens with one attached hydrogen (secondary N) is 1. The van der Waals surface area contributed by atoms with Crippen LogP contribution in [0.25, 0.3) is 0 Å². The van der Waals surface area contributed by atoms with Crippen LogP contribution >= 0.6 is 0 Å². The molecule has 1 aliphatic heterocycles. The lowest BCUT2D eigenvalue weighted by Gasteiger charge is -2.34. The van der Waals surface area contributed by atoms with Gasteiger partial charge in [0.05, 0.1) is 23.6 Å². The molecule has 0 aromatic heterocycles. The minimum Gasteiger partial charge on any atom is -0.491 e. The highest BCUT2D eigenvalue weighted by molar-refractivity contribution is 7.89. The van der Waals surface area contributed by atoms with Crippen molar-refractivity contribution in [3.05, 3.63) is 59.7 Å². The molecule has 0 bridgehead atoms.